The summed E-state index contributed by atoms with van der Waals surface area (Å²) in [4.78, 5) is 57.3. The van der Waals surface area contributed by atoms with Gasteiger partial charge in [-0.15, -0.1) is 13.2 Å². The highest BCUT2D eigenvalue weighted by atomic mass is 79.9. The Kier molecular flexibility index (Phi) is 10.8. The number of fused-ring (bicyclic) bond motifs is 1. The molecule has 2 bridgehead atoms. The van der Waals surface area contributed by atoms with Crippen molar-refractivity contribution in [3.8, 4) is 0 Å². The van der Waals surface area contributed by atoms with E-state index in [9.17, 15) is 24.3 Å². The average molecular weight is 661 g/mol. The number of nitrogens with one attached hydrogen (secondary N) is 1. The predicted octanol–water partition coefficient (Wildman–Crippen LogP) is 2.73. The standard InChI is InChI=1S/C32H42BrN3O7/c1-5-8-14-24(38)34-17-20(4)42-31(41)25-26-29(39)36(22(7-3)19-37)28(32(26)16-23(33)27(25)43-32)30(40)35(15-6-2)18-21-12-10-9-11-13-21/h5-6,9-13,20,22-23,25-28,37H,1-2,7-8,14-19H2,3-4H3,(H,34,38)/t20-,22+,23?,25-,26+,27-,28-,32+/m1/s1. The van der Waals surface area contributed by atoms with Crippen LogP contribution in [0, 0.1) is 11.8 Å². The molecule has 1 spiro atoms. The van der Waals surface area contributed by atoms with E-state index >= 15 is 0 Å². The number of rotatable bonds is 15. The van der Waals surface area contributed by atoms with Crippen molar-refractivity contribution < 1.29 is 33.8 Å². The molecule has 234 valence electrons. The van der Waals surface area contributed by atoms with Gasteiger partial charge in [-0.05, 0) is 31.7 Å². The summed E-state index contributed by atoms with van der Waals surface area (Å²) in [6.07, 6.45) is 3.55. The first-order valence-corrected chi connectivity index (χ1v) is 15.8. The largest absolute Gasteiger partial charge is 0.460 e. The molecule has 1 aromatic carbocycles. The van der Waals surface area contributed by atoms with E-state index in [2.05, 4.69) is 34.4 Å². The van der Waals surface area contributed by atoms with Gasteiger partial charge in [0.15, 0.2) is 0 Å². The van der Waals surface area contributed by atoms with Crippen molar-refractivity contribution in [2.45, 2.75) is 80.8 Å². The summed E-state index contributed by atoms with van der Waals surface area (Å²) in [5.74, 6) is -3.42. The van der Waals surface area contributed by atoms with Gasteiger partial charge in [-0.25, -0.2) is 0 Å². The number of hydrogen-bond acceptors (Lipinski definition) is 7. The van der Waals surface area contributed by atoms with Crippen molar-refractivity contribution in [1.29, 1.82) is 0 Å². The number of aliphatic hydroxyl groups excluding tert-OH is 1. The van der Waals surface area contributed by atoms with Crippen LogP contribution < -0.4 is 5.32 Å². The van der Waals surface area contributed by atoms with E-state index in [1.807, 2.05) is 37.3 Å². The molecule has 1 unspecified atom stereocenters. The van der Waals surface area contributed by atoms with Gasteiger partial charge in [-0.1, -0.05) is 65.3 Å². The van der Waals surface area contributed by atoms with Crippen LogP contribution in [-0.4, -0.2) is 93.0 Å². The molecule has 0 aromatic heterocycles. The molecular weight excluding hydrogens is 618 g/mol. The highest BCUT2D eigenvalue weighted by molar-refractivity contribution is 9.09. The Morgan fingerprint density at radius 2 is 2.00 bits per heavy atom. The van der Waals surface area contributed by atoms with Gasteiger partial charge >= 0.3 is 5.97 Å². The molecule has 11 heteroatoms. The van der Waals surface area contributed by atoms with Crippen LogP contribution in [0.5, 0.6) is 0 Å². The first-order valence-electron chi connectivity index (χ1n) is 14.9. The number of ether oxygens (including phenoxy) is 2. The number of halogens is 1. The van der Waals surface area contributed by atoms with Crippen LogP contribution in [0.1, 0.15) is 45.1 Å². The van der Waals surface area contributed by atoms with Gasteiger partial charge in [-0.3, -0.25) is 19.2 Å². The molecule has 3 heterocycles. The second kappa shape index (κ2) is 14.2. The molecule has 0 aliphatic carbocycles. The van der Waals surface area contributed by atoms with Crippen LogP contribution in [-0.2, 0) is 35.2 Å². The van der Waals surface area contributed by atoms with Gasteiger partial charge in [0.05, 0.1) is 37.1 Å². The normalized spacial score (nSPS) is 28.6. The third-order valence-corrected chi connectivity index (χ3v) is 9.51. The Morgan fingerprint density at radius 1 is 1.28 bits per heavy atom. The van der Waals surface area contributed by atoms with Crippen LogP contribution in [0.2, 0.25) is 0 Å². The zero-order valence-corrected chi connectivity index (χ0v) is 26.4. The third kappa shape index (κ3) is 6.44. The maximum atomic E-state index is 14.5. The van der Waals surface area contributed by atoms with Crippen molar-refractivity contribution in [3.63, 3.8) is 0 Å². The van der Waals surface area contributed by atoms with Gasteiger partial charge in [0, 0.05) is 24.3 Å². The number of amides is 3. The number of benzene rings is 1. The van der Waals surface area contributed by atoms with E-state index in [-0.39, 0.29) is 42.8 Å². The molecule has 1 aromatic rings. The summed E-state index contributed by atoms with van der Waals surface area (Å²) in [5.41, 5.74) is -0.365. The molecule has 0 saturated carbocycles. The Labute approximate surface area is 261 Å². The number of hydrogen-bond donors (Lipinski definition) is 2. The van der Waals surface area contributed by atoms with Crippen molar-refractivity contribution in [3.05, 3.63) is 61.2 Å². The molecule has 4 rings (SSSR count). The highest BCUT2D eigenvalue weighted by Gasteiger charge is 2.77. The molecule has 3 fully saturated rings. The van der Waals surface area contributed by atoms with Crippen LogP contribution in [0.4, 0.5) is 0 Å². The molecule has 3 saturated heterocycles. The van der Waals surface area contributed by atoms with Crippen molar-refractivity contribution in [2.75, 3.05) is 19.7 Å². The molecule has 3 aliphatic heterocycles. The third-order valence-electron chi connectivity index (χ3n) is 8.67. The van der Waals surface area contributed by atoms with Crippen LogP contribution >= 0.6 is 15.9 Å². The van der Waals surface area contributed by atoms with Crippen molar-refractivity contribution in [2.24, 2.45) is 11.8 Å². The van der Waals surface area contributed by atoms with Crippen LogP contribution in [0.25, 0.3) is 0 Å². The van der Waals surface area contributed by atoms with Crippen LogP contribution in [0.3, 0.4) is 0 Å². The first-order chi connectivity index (χ1) is 20.6. The number of aliphatic hydroxyl groups is 1. The zero-order valence-electron chi connectivity index (χ0n) is 24.8. The van der Waals surface area contributed by atoms with E-state index < -0.39 is 53.6 Å². The quantitative estimate of drug-likeness (QED) is 0.169. The van der Waals surface area contributed by atoms with E-state index in [4.69, 9.17) is 9.47 Å². The van der Waals surface area contributed by atoms with Gasteiger partial charge < -0.3 is 29.7 Å². The summed E-state index contributed by atoms with van der Waals surface area (Å²) in [5, 5.41) is 13.0. The number of nitrogens with zero attached hydrogens (tertiary/aromatic N) is 2. The lowest BCUT2D eigenvalue weighted by molar-refractivity contribution is -0.160. The fourth-order valence-electron chi connectivity index (χ4n) is 6.69. The minimum Gasteiger partial charge on any atom is -0.460 e. The first kappa shape index (κ1) is 32.9. The monoisotopic (exact) mass is 659 g/mol. The fourth-order valence-corrected chi connectivity index (χ4v) is 7.63. The lowest BCUT2D eigenvalue weighted by Gasteiger charge is -2.39. The fraction of sp³-hybridized carbons (Fsp3) is 0.562. The van der Waals surface area contributed by atoms with Crippen molar-refractivity contribution in [1.82, 2.24) is 15.1 Å². The number of carbonyl (C=O) groups is 4. The number of alkyl halides is 1. The number of allylic oxidation sites excluding steroid dienone is 1. The molecule has 0 radical (unpaired) electrons. The van der Waals surface area contributed by atoms with E-state index in [1.54, 1.807) is 24.0 Å². The Balaban J connectivity index is 1.63. The maximum Gasteiger partial charge on any atom is 0.312 e. The zero-order chi connectivity index (χ0) is 31.3. The van der Waals surface area contributed by atoms with Gasteiger partial charge in [0.2, 0.25) is 17.7 Å². The molecular formula is C32H42BrN3O7. The lowest BCUT2D eigenvalue weighted by atomic mass is 9.70. The molecule has 43 heavy (non-hydrogen) atoms. The second-order valence-electron chi connectivity index (χ2n) is 11.5. The second-order valence-corrected chi connectivity index (χ2v) is 12.7. The van der Waals surface area contributed by atoms with Gasteiger partial charge in [0.1, 0.15) is 17.7 Å². The smallest absolute Gasteiger partial charge is 0.312 e. The number of esters is 1. The minimum absolute atomic E-state index is 0.118. The average Bonchev–Trinajstić information content (AvgIpc) is 3.59. The van der Waals surface area contributed by atoms with Gasteiger partial charge in [-0.2, -0.15) is 0 Å². The maximum absolute atomic E-state index is 14.5. The number of likely N-dealkylation sites (tertiary alicyclic amines) is 1. The highest BCUT2D eigenvalue weighted by Crippen LogP contribution is 2.60. The Hall–Kier alpha value is -3.02. The predicted molar refractivity (Wildman–Crippen MR) is 164 cm³/mol. The molecule has 2 N–H and O–H groups in total. The summed E-state index contributed by atoms with van der Waals surface area (Å²) in [7, 11) is 0. The Bertz CT molecular complexity index is 1210. The van der Waals surface area contributed by atoms with Gasteiger partial charge in [0.25, 0.3) is 0 Å². The van der Waals surface area contributed by atoms with Crippen molar-refractivity contribution >= 4 is 39.6 Å². The van der Waals surface area contributed by atoms with Crippen LogP contribution in [0.15, 0.2) is 55.6 Å². The minimum atomic E-state index is -1.28. The molecule has 3 amide bonds. The molecule has 8 atom stereocenters. The van der Waals surface area contributed by atoms with E-state index in [1.165, 1.54) is 4.90 Å². The summed E-state index contributed by atoms with van der Waals surface area (Å²) >= 11 is 3.67. The topological polar surface area (TPSA) is 125 Å². The SMILES string of the molecule is C=CCCC(=O)NC[C@@H](C)OC(=O)[C@H]1[C@@H]2O[C@@]3(CC2Br)[C@@H]1C(=O)N([C@@H](CC)CO)[C@@H]3C(=O)N(CC=C)Cc1ccccc1. The molecule has 3 aliphatic rings. The summed E-state index contributed by atoms with van der Waals surface area (Å²) in [6.45, 7) is 11.3. The summed E-state index contributed by atoms with van der Waals surface area (Å²) in [6, 6.07) is 7.85. The summed E-state index contributed by atoms with van der Waals surface area (Å²) < 4.78 is 12.3. The molecule has 10 nitrogen and oxygen atoms in total. The van der Waals surface area contributed by atoms with E-state index in [0.29, 0.717) is 25.8 Å². The number of carbonyl (C=O) groups excluding carboxylic acids is 4. The lowest BCUT2D eigenvalue weighted by Crippen LogP contribution is -2.58. The Morgan fingerprint density at radius 3 is 2.63 bits per heavy atom. The van der Waals surface area contributed by atoms with E-state index in [0.717, 1.165) is 5.56 Å².